The summed E-state index contributed by atoms with van der Waals surface area (Å²) in [6.45, 7) is 0.0604. The molecular weight excluding hydrogens is 392 g/mol. The summed E-state index contributed by atoms with van der Waals surface area (Å²) in [6, 6.07) is 27.7. The molecule has 154 valence electrons. The van der Waals surface area contributed by atoms with Gasteiger partial charge in [0, 0.05) is 11.1 Å². The van der Waals surface area contributed by atoms with Gasteiger partial charge in [0.05, 0.1) is 5.52 Å². The van der Waals surface area contributed by atoms with Crippen LogP contribution in [0.2, 0.25) is 0 Å². The van der Waals surface area contributed by atoms with E-state index in [0.29, 0.717) is 23.6 Å². The molecule has 6 nitrogen and oxygen atoms in total. The van der Waals surface area contributed by atoms with Crippen LogP contribution in [0.25, 0.3) is 10.9 Å². The Hall–Kier alpha value is -4.19. The summed E-state index contributed by atoms with van der Waals surface area (Å²) >= 11 is 0. The Labute approximate surface area is 179 Å². The van der Waals surface area contributed by atoms with Crippen molar-refractivity contribution in [1.29, 1.82) is 0 Å². The maximum absolute atomic E-state index is 12.2. The number of benzene rings is 3. The molecule has 4 aromatic rings. The lowest BCUT2D eigenvalue weighted by molar-refractivity contribution is -0.119. The van der Waals surface area contributed by atoms with Crippen LogP contribution in [0.4, 0.5) is 5.69 Å². The topological polar surface area (TPSA) is 77.5 Å². The van der Waals surface area contributed by atoms with Crippen LogP contribution < -0.4 is 10.1 Å². The van der Waals surface area contributed by atoms with E-state index in [1.807, 2.05) is 54.6 Å². The Bertz CT molecular complexity index is 1190. The Morgan fingerprint density at radius 1 is 0.806 bits per heavy atom. The maximum Gasteiger partial charge on any atom is 0.357 e. The minimum Gasteiger partial charge on any atom is -0.489 e. The number of nitrogens with zero attached hydrogens (tertiary/aromatic N) is 1. The number of rotatable bonds is 7. The highest BCUT2D eigenvalue weighted by Gasteiger charge is 2.12. The minimum atomic E-state index is -0.648. The Morgan fingerprint density at radius 2 is 1.55 bits per heavy atom. The van der Waals surface area contributed by atoms with Crippen molar-refractivity contribution in [2.45, 2.75) is 6.61 Å². The van der Waals surface area contributed by atoms with Gasteiger partial charge in [-0.05, 0) is 42.0 Å². The van der Waals surface area contributed by atoms with Crippen LogP contribution >= 0.6 is 0 Å². The van der Waals surface area contributed by atoms with Crippen LogP contribution in [-0.2, 0) is 16.1 Å². The summed E-state index contributed by atoms with van der Waals surface area (Å²) in [7, 11) is 0. The number of carbonyl (C=O) groups is 2. The third-order valence-electron chi connectivity index (χ3n) is 4.53. The maximum atomic E-state index is 12.2. The first-order valence-electron chi connectivity index (χ1n) is 9.77. The van der Waals surface area contributed by atoms with Gasteiger partial charge in [-0.15, -0.1) is 0 Å². The van der Waals surface area contributed by atoms with Crippen molar-refractivity contribution < 1.29 is 19.1 Å². The zero-order valence-corrected chi connectivity index (χ0v) is 16.7. The zero-order chi connectivity index (χ0) is 21.5. The first kappa shape index (κ1) is 20.1. The summed E-state index contributed by atoms with van der Waals surface area (Å²) in [5.74, 6) is -0.395. The number of esters is 1. The average molecular weight is 412 g/mol. The predicted molar refractivity (Wildman–Crippen MR) is 118 cm³/mol. The molecule has 0 atom stereocenters. The van der Waals surface area contributed by atoms with Crippen LogP contribution in [-0.4, -0.2) is 23.5 Å². The smallest absolute Gasteiger partial charge is 0.357 e. The quantitative estimate of drug-likeness (QED) is 0.449. The van der Waals surface area contributed by atoms with E-state index < -0.39 is 18.5 Å². The largest absolute Gasteiger partial charge is 0.489 e. The SMILES string of the molecule is O=C(COC(=O)c1ccc2ccccc2n1)Nc1ccc(OCc2ccccc2)cc1. The molecule has 0 bridgehead atoms. The number of nitrogens with one attached hydrogen (secondary N) is 1. The van der Waals surface area contributed by atoms with E-state index in [1.165, 1.54) is 0 Å². The van der Waals surface area contributed by atoms with E-state index in [2.05, 4.69) is 10.3 Å². The number of carbonyl (C=O) groups excluding carboxylic acids is 2. The van der Waals surface area contributed by atoms with Gasteiger partial charge in [-0.3, -0.25) is 4.79 Å². The number of ether oxygens (including phenoxy) is 2. The summed E-state index contributed by atoms with van der Waals surface area (Å²) < 4.78 is 10.8. The highest BCUT2D eigenvalue weighted by Crippen LogP contribution is 2.17. The third kappa shape index (κ3) is 5.45. The molecule has 3 aromatic carbocycles. The van der Waals surface area contributed by atoms with Gasteiger partial charge in [-0.25, -0.2) is 9.78 Å². The first-order chi connectivity index (χ1) is 15.2. The van der Waals surface area contributed by atoms with Gasteiger partial charge in [0.2, 0.25) is 0 Å². The lowest BCUT2D eigenvalue weighted by Gasteiger charge is -2.09. The molecule has 0 unspecified atom stereocenters. The van der Waals surface area contributed by atoms with Gasteiger partial charge >= 0.3 is 5.97 Å². The molecule has 31 heavy (non-hydrogen) atoms. The second kappa shape index (κ2) is 9.54. The summed E-state index contributed by atoms with van der Waals surface area (Å²) in [5.41, 5.74) is 2.50. The number of hydrogen-bond donors (Lipinski definition) is 1. The number of anilines is 1. The van der Waals surface area contributed by atoms with Crippen molar-refractivity contribution in [2.24, 2.45) is 0 Å². The van der Waals surface area contributed by atoms with E-state index in [0.717, 1.165) is 10.9 Å². The first-order valence-corrected chi connectivity index (χ1v) is 9.77. The third-order valence-corrected chi connectivity index (χ3v) is 4.53. The molecule has 6 heteroatoms. The summed E-state index contributed by atoms with van der Waals surface area (Å²) in [4.78, 5) is 28.6. The summed E-state index contributed by atoms with van der Waals surface area (Å²) in [5, 5.41) is 3.61. The molecule has 0 radical (unpaired) electrons. The van der Waals surface area contributed by atoms with Crippen molar-refractivity contribution in [3.05, 3.63) is 102 Å². The molecule has 1 heterocycles. The normalized spacial score (nSPS) is 10.5. The van der Waals surface area contributed by atoms with Gasteiger partial charge in [0.25, 0.3) is 5.91 Å². The molecule has 1 amide bonds. The van der Waals surface area contributed by atoms with Crippen molar-refractivity contribution in [2.75, 3.05) is 11.9 Å². The number of amides is 1. The molecule has 1 N–H and O–H groups in total. The highest BCUT2D eigenvalue weighted by atomic mass is 16.5. The van der Waals surface area contributed by atoms with E-state index in [9.17, 15) is 9.59 Å². The van der Waals surface area contributed by atoms with Gasteiger partial charge in [0.15, 0.2) is 6.61 Å². The molecule has 0 aliphatic carbocycles. The predicted octanol–water partition coefficient (Wildman–Crippen LogP) is 4.61. The standard InChI is InChI=1S/C25H20N2O4/c28-24(17-31-25(29)23-15-10-19-8-4-5-9-22(19)27-23)26-20-11-13-21(14-12-20)30-16-18-6-2-1-3-7-18/h1-15H,16-17H2,(H,26,28). The molecular formula is C25H20N2O4. The summed E-state index contributed by atoms with van der Waals surface area (Å²) in [6.07, 6.45) is 0. The molecule has 0 spiro atoms. The number of pyridine rings is 1. The minimum absolute atomic E-state index is 0.159. The zero-order valence-electron chi connectivity index (χ0n) is 16.7. The highest BCUT2D eigenvalue weighted by molar-refractivity contribution is 5.95. The van der Waals surface area contributed by atoms with Crippen LogP contribution in [0.15, 0.2) is 91.0 Å². The fraction of sp³-hybridized carbons (Fsp3) is 0.0800. The van der Waals surface area contributed by atoms with E-state index >= 15 is 0 Å². The Balaban J connectivity index is 1.26. The second-order valence-corrected chi connectivity index (χ2v) is 6.81. The van der Waals surface area contributed by atoms with Crippen molar-refractivity contribution in [1.82, 2.24) is 4.98 Å². The molecule has 0 aliphatic heterocycles. The lowest BCUT2D eigenvalue weighted by Crippen LogP contribution is -2.21. The van der Waals surface area contributed by atoms with Crippen molar-refractivity contribution >= 4 is 28.5 Å². The molecule has 0 saturated carbocycles. The van der Waals surface area contributed by atoms with Crippen LogP contribution in [0, 0.1) is 0 Å². The Kier molecular flexibility index (Phi) is 6.18. The van der Waals surface area contributed by atoms with E-state index in [4.69, 9.17) is 9.47 Å². The van der Waals surface area contributed by atoms with Gasteiger partial charge in [-0.1, -0.05) is 54.6 Å². The average Bonchev–Trinajstić information content (AvgIpc) is 2.82. The van der Waals surface area contributed by atoms with Crippen LogP contribution in [0.3, 0.4) is 0 Å². The van der Waals surface area contributed by atoms with Gasteiger partial charge in [-0.2, -0.15) is 0 Å². The molecule has 0 saturated heterocycles. The monoisotopic (exact) mass is 412 g/mol. The molecule has 0 fully saturated rings. The van der Waals surface area contributed by atoms with Crippen LogP contribution in [0.1, 0.15) is 16.1 Å². The number of fused-ring (bicyclic) bond motifs is 1. The molecule has 4 rings (SSSR count). The van der Waals surface area contributed by atoms with Crippen LogP contribution in [0.5, 0.6) is 5.75 Å². The Morgan fingerprint density at radius 3 is 2.35 bits per heavy atom. The fourth-order valence-corrected chi connectivity index (χ4v) is 2.96. The fourth-order valence-electron chi connectivity index (χ4n) is 2.96. The van der Waals surface area contributed by atoms with Crippen molar-refractivity contribution in [3.8, 4) is 5.75 Å². The van der Waals surface area contributed by atoms with Gasteiger partial charge < -0.3 is 14.8 Å². The number of aromatic nitrogens is 1. The molecule has 0 aliphatic rings. The molecule has 1 aromatic heterocycles. The van der Waals surface area contributed by atoms with Crippen molar-refractivity contribution in [3.63, 3.8) is 0 Å². The van der Waals surface area contributed by atoms with E-state index in [1.54, 1.807) is 36.4 Å². The lowest BCUT2D eigenvalue weighted by atomic mass is 10.2. The van der Waals surface area contributed by atoms with Gasteiger partial charge in [0.1, 0.15) is 18.1 Å². The number of para-hydroxylation sites is 1. The van der Waals surface area contributed by atoms with E-state index in [-0.39, 0.29) is 5.69 Å². The second-order valence-electron chi connectivity index (χ2n) is 6.81. The number of hydrogen-bond acceptors (Lipinski definition) is 5.